The van der Waals surface area contributed by atoms with Crippen LogP contribution in [-0.4, -0.2) is 59.5 Å². The van der Waals surface area contributed by atoms with Crippen molar-refractivity contribution < 1.29 is 9.53 Å². The van der Waals surface area contributed by atoms with Gasteiger partial charge in [0.25, 0.3) is 0 Å². The highest BCUT2D eigenvalue weighted by atomic mass is 16.5. The van der Waals surface area contributed by atoms with Crippen LogP contribution in [0.15, 0.2) is 42.7 Å². The smallest absolute Gasteiger partial charge is 0.221 e. The molecule has 4 rings (SSSR count). The van der Waals surface area contributed by atoms with Crippen LogP contribution in [0.2, 0.25) is 0 Å². The normalized spacial score (nSPS) is 20.6. The minimum absolute atomic E-state index is 0.107. The van der Waals surface area contributed by atoms with E-state index in [0.29, 0.717) is 13.0 Å². The molecule has 0 aliphatic carbocycles. The van der Waals surface area contributed by atoms with E-state index in [0.717, 1.165) is 38.5 Å². The SMILES string of the molecule is Cc1ccc2c(c1)CN(CCC(=O)NCC(c1cccnc1)N1CCCCC1)CC(C)O2. The van der Waals surface area contributed by atoms with Gasteiger partial charge in [0.2, 0.25) is 5.91 Å². The summed E-state index contributed by atoms with van der Waals surface area (Å²) in [6.07, 6.45) is 8.08. The van der Waals surface area contributed by atoms with Crippen LogP contribution in [-0.2, 0) is 11.3 Å². The number of hydrogen-bond acceptors (Lipinski definition) is 5. The lowest BCUT2D eigenvalue weighted by Gasteiger charge is -2.34. The topological polar surface area (TPSA) is 57.7 Å². The number of amides is 1. The second-order valence-electron chi connectivity index (χ2n) is 9.23. The fourth-order valence-corrected chi connectivity index (χ4v) is 4.86. The van der Waals surface area contributed by atoms with Crippen molar-refractivity contribution in [3.8, 4) is 5.75 Å². The number of piperidine rings is 1. The zero-order valence-electron chi connectivity index (χ0n) is 19.4. The van der Waals surface area contributed by atoms with Crippen LogP contribution in [0.1, 0.15) is 55.3 Å². The van der Waals surface area contributed by atoms with Crippen LogP contribution in [0, 0.1) is 6.92 Å². The molecule has 1 N–H and O–H groups in total. The molecule has 0 saturated carbocycles. The van der Waals surface area contributed by atoms with E-state index in [2.05, 4.69) is 58.2 Å². The molecule has 6 nitrogen and oxygen atoms in total. The molecule has 32 heavy (non-hydrogen) atoms. The summed E-state index contributed by atoms with van der Waals surface area (Å²) in [7, 11) is 0. The molecule has 2 aliphatic rings. The predicted molar refractivity (Wildman–Crippen MR) is 127 cm³/mol. The summed E-state index contributed by atoms with van der Waals surface area (Å²) in [5, 5.41) is 3.21. The van der Waals surface area contributed by atoms with E-state index in [1.807, 2.05) is 12.3 Å². The first kappa shape index (κ1) is 22.7. The van der Waals surface area contributed by atoms with Gasteiger partial charge in [0.05, 0.1) is 6.04 Å². The number of rotatable bonds is 7. The van der Waals surface area contributed by atoms with Crippen molar-refractivity contribution in [3.63, 3.8) is 0 Å². The number of ether oxygens (including phenoxy) is 1. The van der Waals surface area contributed by atoms with Crippen LogP contribution >= 0.6 is 0 Å². The van der Waals surface area contributed by atoms with Crippen molar-refractivity contribution in [2.24, 2.45) is 0 Å². The lowest BCUT2D eigenvalue weighted by atomic mass is 10.0. The minimum Gasteiger partial charge on any atom is -0.489 e. The first-order valence-corrected chi connectivity index (χ1v) is 12.0. The number of aromatic nitrogens is 1. The molecule has 172 valence electrons. The molecular weight excluding hydrogens is 400 g/mol. The molecule has 1 fully saturated rings. The predicted octanol–water partition coefficient (Wildman–Crippen LogP) is 3.71. The number of carbonyl (C=O) groups excluding carboxylic acids is 1. The van der Waals surface area contributed by atoms with Crippen molar-refractivity contribution in [2.75, 3.05) is 32.7 Å². The first-order valence-electron chi connectivity index (χ1n) is 12.0. The van der Waals surface area contributed by atoms with Crippen molar-refractivity contribution in [1.82, 2.24) is 20.1 Å². The van der Waals surface area contributed by atoms with Gasteiger partial charge in [-0.1, -0.05) is 30.2 Å². The van der Waals surface area contributed by atoms with Gasteiger partial charge < -0.3 is 10.1 Å². The fourth-order valence-electron chi connectivity index (χ4n) is 4.86. The molecule has 1 aromatic heterocycles. The Bertz CT molecular complexity index is 883. The van der Waals surface area contributed by atoms with Crippen molar-refractivity contribution in [1.29, 1.82) is 0 Å². The average molecular weight is 437 g/mol. The van der Waals surface area contributed by atoms with E-state index in [-0.39, 0.29) is 18.1 Å². The van der Waals surface area contributed by atoms with Gasteiger partial charge in [-0.15, -0.1) is 0 Å². The van der Waals surface area contributed by atoms with Crippen molar-refractivity contribution in [3.05, 3.63) is 59.4 Å². The zero-order chi connectivity index (χ0) is 22.3. The maximum Gasteiger partial charge on any atom is 0.221 e. The summed E-state index contributed by atoms with van der Waals surface area (Å²) in [6.45, 7) is 9.38. The third-order valence-corrected chi connectivity index (χ3v) is 6.50. The number of carbonyl (C=O) groups is 1. The van der Waals surface area contributed by atoms with Crippen LogP contribution in [0.3, 0.4) is 0 Å². The number of fused-ring (bicyclic) bond motifs is 1. The number of nitrogens with one attached hydrogen (secondary N) is 1. The van der Waals surface area contributed by atoms with Crippen LogP contribution in [0.4, 0.5) is 0 Å². The summed E-state index contributed by atoms with van der Waals surface area (Å²) >= 11 is 0. The summed E-state index contributed by atoms with van der Waals surface area (Å²) in [5.74, 6) is 1.08. The highest BCUT2D eigenvalue weighted by molar-refractivity contribution is 5.76. The fraction of sp³-hybridized carbons (Fsp3) is 0.538. The number of benzene rings is 1. The Kier molecular flexibility index (Phi) is 7.76. The van der Waals surface area contributed by atoms with E-state index >= 15 is 0 Å². The Hall–Kier alpha value is -2.44. The lowest BCUT2D eigenvalue weighted by molar-refractivity contribution is -0.121. The third kappa shape index (κ3) is 6.08. The molecule has 2 atom stereocenters. The molecule has 0 radical (unpaired) electrons. The third-order valence-electron chi connectivity index (χ3n) is 6.50. The van der Waals surface area contributed by atoms with Gasteiger partial charge in [-0.25, -0.2) is 0 Å². The second-order valence-corrected chi connectivity index (χ2v) is 9.23. The number of likely N-dealkylation sites (tertiary alicyclic amines) is 1. The van der Waals surface area contributed by atoms with E-state index in [4.69, 9.17) is 4.74 Å². The van der Waals surface area contributed by atoms with Crippen LogP contribution in [0.5, 0.6) is 5.75 Å². The number of aryl methyl sites for hydroxylation is 1. The molecule has 0 spiro atoms. The highest BCUT2D eigenvalue weighted by Gasteiger charge is 2.24. The number of pyridine rings is 1. The van der Waals surface area contributed by atoms with Crippen molar-refractivity contribution in [2.45, 2.75) is 58.2 Å². The van der Waals surface area contributed by atoms with Gasteiger partial charge in [-0.2, -0.15) is 0 Å². The molecule has 3 heterocycles. The Morgan fingerprint density at radius 2 is 2.09 bits per heavy atom. The summed E-state index contributed by atoms with van der Waals surface area (Å²) < 4.78 is 6.09. The van der Waals surface area contributed by atoms with Gasteiger partial charge in [0.1, 0.15) is 11.9 Å². The van der Waals surface area contributed by atoms with Gasteiger partial charge in [-0.05, 0) is 57.5 Å². The van der Waals surface area contributed by atoms with E-state index in [9.17, 15) is 4.79 Å². The Morgan fingerprint density at radius 1 is 1.25 bits per heavy atom. The maximum atomic E-state index is 12.8. The van der Waals surface area contributed by atoms with E-state index < -0.39 is 0 Å². The van der Waals surface area contributed by atoms with E-state index in [1.165, 1.54) is 36.0 Å². The van der Waals surface area contributed by atoms with Crippen LogP contribution < -0.4 is 10.1 Å². The lowest BCUT2D eigenvalue weighted by Crippen LogP contribution is -2.41. The largest absolute Gasteiger partial charge is 0.489 e. The molecule has 0 bridgehead atoms. The molecule has 1 aromatic carbocycles. The molecule has 2 aromatic rings. The van der Waals surface area contributed by atoms with Crippen LogP contribution in [0.25, 0.3) is 0 Å². The number of nitrogens with zero attached hydrogens (tertiary/aromatic N) is 3. The molecular formula is C26H36N4O2. The summed E-state index contributed by atoms with van der Waals surface area (Å²) in [4.78, 5) is 21.9. The van der Waals surface area contributed by atoms with Gasteiger partial charge >= 0.3 is 0 Å². The second kappa shape index (κ2) is 10.9. The van der Waals surface area contributed by atoms with Gasteiger partial charge in [0.15, 0.2) is 0 Å². The highest BCUT2D eigenvalue weighted by Crippen LogP contribution is 2.26. The van der Waals surface area contributed by atoms with E-state index in [1.54, 1.807) is 6.20 Å². The molecule has 1 saturated heterocycles. The quantitative estimate of drug-likeness (QED) is 0.717. The van der Waals surface area contributed by atoms with Crippen molar-refractivity contribution >= 4 is 5.91 Å². The maximum absolute atomic E-state index is 12.8. The van der Waals surface area contributed by atoms with Gasteiger partial charge in [0, 0.05) is 50.6 Å². The standard InChI is InChI=1S/C26H36N4O2/c1-20-8-9-25-23(15-20)19-29(18-21(2)32-25)14-10-26(31)28-17-24(22-7-6-11-27-16-22)30-12-4-3-5-13-30/h6-9,11,15-16,21,24H,3-5,10,12-14,17-19H2,1-2H3,(H,28,31). The molecule has 6 heteroatoms. The Labute approximate surface area is 192 Å². The summed E-state index contributed by atoms with van der Waals surface area (Å²) in [6, 6.07) is 10.6. The Morgan fingerprint density at radius 3 is 2.88 bits per heavy atom. The molecule has 2 aliphatic heterocycles. The Balaban J connectivity index is 1.32. The molecule has 1 amide bonds. The monoisotopic (exact) mass is 436 g/mol. The number of hydrogen-bond donors (Lipinski definition) is 1. The average Bonchev–Trinajstić information content (AvgIpc) is 2.96. The minimum atomic E-state index is 0.107. The summed E-state index contributed by atoms with van der Waals surface area (Å²) in [5.41, 5.74) is 3.62. The van der Waals surface area contributed by atoms with Gasteiger partial charge in [-0.3, -0.25) is 19.6 Å². The zero-order valence-corrected chi connectivity index (χ0v) is 19.4. The molecule has 2 unspecified atom stereocenters. The first-order chi connectivity index (χ1) is 15.6.